The fourth-order valence-corrected chi connectivity index (χ4v) is 3.67. The SMILES string of the molecule is Fc1ccc(-c2sc3ncnn3c2-c2ccc(Br)cc2)cc1. The molecule has 0 amide bonds. The lowest BCUT2D eigenvalue weighted by Crippen LogP contribution is -1.90. The van der Waals surface area contributed by atoms with Gasteiger partial charge in [-0.15, -0.1) is 0 Å². The minimum atomic E-state index is -0.242. The van der Waals surface area contributed by atoms with Crippen molar-refractivity contribution in [1.29, 1.82) is 0 Å². The van der Waals surface area contributed by atoms with Crippen molar-refractivity contribution in [1.82, 2.24) is 14.6 Å². The summed E-state index contributed by atoms with van der Waals surface area (Å²) in [5.74, 6) is -0.242. The van der Waals surface area contributed by atoms with Crippen LogP contribution in [0.25, 0.3) is 26.7 Å². The van der Waals surface area contributed by atoms with Crippen LogP contribution in [0.5, 0.6) is 0 Å². The molecule has 4 aromatic rings. The molecule has 0 unspecified atom stereocenters. The number of rotatable bonds is 2. The number of halogens is 2. The predicted molar refractivity (Wildman–Crippen MR) is 89.4 cm³/mol. The molecule has 0 fully saturated rings. The van der Waals surface area contributed by atoms with Crippen molar-refractivity contribution in [2.75, 3.05) is 0 Å². The first-order valence-corrected chi connectivity index (χ1v) is 8.18. The van der Waals surface area contributed by atoms with E-state index < -0.39 is 0 Å². The van der Waals surface area contributed by atoms with Gasteiger partial charge in [0.25, 0.3) is 0 Å². The maximum Gasteiger partial charge on any atom is 0.213 e. The second-order valence-corrected chi connectivity index (χ2v) is 6.64. The van der Waals surface area contributed by atoms with Gasteiger partial charge in [-0.25, -0.2) is 13.9 Å². The Hall–Kier alpha value is -2.05. The quantitative estimate of drug-likeness (QED) is 0.493. The smallest absolute Gasteiger partial charge is 0.207 e. The minimum absolute atomic E-state index is 0.242. The second kappa shape index (κ2) is 5.30. The molecule has 4 rings (SSSR count). The van der Waals surface area contributed by atoms with E-state index in [-0.39, 0.29) is 5.82 Å². The first-order chi connectivity index (χ1) is 10.7. The van der Waals surface area contributed by atoms with Gasteiger partial charge in [0.2, 0.25) is 4.96 Å². The number of fused-ring (bicyclic) bond motifs is 1. The topological polar surface area (TPSA) is 30.2 Å². The number of hydrogen-bond donors (Lipinski definition) is 0. The Morgan fingerprint density at radius 3 is 2.36 bits per heavy atom. The van der Waals surface area contributed by atoms with E-state index in [0.29, 0.717) is 0 Å². The zero-order valence-electron chi connectivity index (χ0n) is 11.2. The van der Waals surface area contributed by atoms with Gasteiger partial charge >= 0.3 is 0 Å². The van der Waals surface area contributed by atoms with Gasteiger partial charge in [0.05, 0.1) is 10.6 Å². The molecule has 0 saturated carbocycles. The average Bonchev–Trinajstić information content (AvgIpc) is 3.10. The van der Waals surface area contributed by atoms with Crippen LogP contribution in [0.1, 0.15) is 0 Å². The standard InChI is InChI=1S/C16H9BrFN3S/c17-12-5-1-10(2-6-12)14-15(11-3-7-13(18)8-4-11)22-16-19-9-20-21(14)16/h1-9H. The first kappa shape index (κ1) is 13.6. The molecule has 3 nitrogen and oxygen atoms in total. The van der Waals surface area contributed by atoms with Crippen molar-refractivity contribution in [3.05, 3.63) is 65.1 Å². The largest absolute Gasteiger partial charge is 0.213 e. The molecule has 0 aliphatic carbocycles. The van der Waals surface area contributed by atoms with Gasteiger partial charge in [-0.1, -0.05) is 51.5 Å². The van der Waals surface area contributed by atoms with Crippen LogP contribution in [0.3, 0.4) is 0 Å². The molecular formula is C16H9BrFN3S. The van der Waals surface area contributed by atoms with Crippen LogP contribution in [-0.4, -0.2) is 14.6 Å². The molecule has 0 aliphatic heterocycles. The lowest BCUT2D eigenvalue weighted by molar-refractivity contribution is 0.628. The second-order valence-electron chi connectivity index (χ2n) is 4.75. The van der Waals surface area contributed by atoms with E-state index in [1.807, 2.05) is 28.8 Å². The zero-order chi connectivity index (χ0) is 15.1. The average molecular weight is 374 g/mol. The Labute approximate surface area is 138 Å². The van der Waals surface area contributed by atoms with E-state index >= 15 is 0 Å². The summed E-state index contributed by atoms with van der Waals surface area (Å²) in [6, 6.07) is 14.5. The molecule has 0 bridgehead atoms. The Bertz CT molecular complexity index is 942. The summed E-state index contributed by atoms with van der Waals surface area (Å²) in [5, 5.41) is 4.31. The summed E-state index contributed by atoms with van der Waals surface area (Å²) in [7, 11) is 0. The van der Waals surface area contributed by atoms with Crippen molar-refractivity contribution in [3.8, 4) is 21.7 Å². The Balaban J connectivity index is 1.98. The van der Waals surface area contributed by atoms with Crippen molar-refractivity contribution < 1.29 is 4.39 Å². The maximum atomic E-state index is 13.2. The molecule has 22 heavy (non-hydrogen) atoms. The van der Waals surface area contributed by atoms with Gasteiger partial charge in [-0.2, -0.15) is 5.10 Å². The molecule has 6 heteroatoms. The van der Waals surface area contributed by atoms with Gasteiger partial charge in [0.15, 0.2) is 0 Å². The molecule has 0 spiro atoms. The summed E-state index contributed by atoms with van der Waals surface area (Å²) in [5.41, 5.74) is 2.97. The molecule has 2 aromatic heterocycles. The monoisotopic (exact) mass is 373 g/mol. The van der Waals surface area contributed by atoms with Gasteiger partial charge in [-0.05, 0) is 29.8 Å². The van der Waals surface area contributed by atoms with Crippen LogP contribution in [0.2, 0.25) is 0 Å². The molecule has 0 radical (unpaired) electrons. The number of nitrogens with zero attached hydrogens (tertiary/aromatic N) is 3. The Kier molecular flexibility index (Phi) is 3.28. The van der Waals surface area contributed by atoms with Crippen molar-refractivity contribution in [2.24, 2.45) is 0 Å². The van der Waals surface area contributed by atoms with Crippen LogP contribution >= 0.6 is 27.3 Å². The van der Waals surface area contributed by atoms with Crippen molar-refractivity contribution >= 4 is 32.2 Å². The number of aromatic nitrogens is 3. The highest BCUT2D eigenvalue weighted by molar-refractivity contribution is 9.10. The molecule has 0 aliphatic rings. The first-order valence-electron chi connectivity index (χ1n) is 6.57. The van der Waals surface area contributed by atoms with Crippen molar-refractivity contribution in [3.63, 3.8) is 0 Å². The molecule has 108 valence electrons. The third kappa shape index (κ3) is 2.24. The lowest BCUT2D eigenvalue weighted by atomic mass is 10.1. The fourth-order valence-electron chi connectivity index (χ4n) is 2.35. The molecule has 2 aromatic carbocycles. The van der Waals surface area contributed by atoms with Gasteiger partial charge in [0, 0.05) is 10.0 Å². The van der Waals surface area contributed by atoms with Crippen molar-refractivity contribution in [2.45, 2.75) is 0 Å². The van der Waals surface area contributed by atoms with Crippen LogP contribution in [0.15, 0.2) is 59.3 Å². The van der Waals surface area contributed by atoms with Gasteiger partial charge in [-0.3, -0.25) is 0 Å². The zero-order valence-corrected chi connectivity index (χ0v) is 13.6. The summed E-state index contributed by atoms with van der Waals surface area (Å²) >= 11 is 4.99. The maximum absolute atomic E-state index is 13.2. The lowest BCUT2D eigenvalue weighted by Gasteiger charge is -2.05. The highest BCUT2D eigenvalue weighted by atomic mass is 79.9. The summed E-state index contributed by atoms with van der Waals surface area (Å²) in [6.45, 7) is 0. The third-order valence-electron chi connectivity index (χ3n) is 3.36. The number of thiazole rings is 1. The number of hydrogen-bond acceptors (Lipinski definition) is 3. The molecule has 0 atom stereocenters. The fraction of sp³-hybridized carbons (Fsp3) is 0. The Morgan fingerprint density at radius 1 is 0.955 bits per heavy atom. The third-order valence-corrected chi connectivity index (χ3v) is 4.98. The summed E-state index contributed by atoms with van der Waals surface area (Å²) < 4.78 is 16.0. The summed E-state index contributed by atoms with van der Waals surface area (Å²) in [6.07, 6.45) is 1.54. The van der Waals surface area contributed by atoms with E-state index in [9.17, 15) is 4.39 Å². The summed E-state index contributed by atoms with van der Waals surface area (Å²) in [4.78, 5) is 6.12. The van der Waals surface area contributed by atoms with E-state index in [4.69, 9.17) is 0 Å². The van der Waals surface area contributed by atoms with E-state index in [1.165, 1.54) is 12.1 Å². The Morgan fingerprint density at radius 2 is 1.64 bits per heavy atom. The van der Waals surface area contributed by atoms with Crippen LogP contribution in [-0.2, 0) is 0 Å². The van der Waals surface area contributed by atoms with Crippen LogP contribution < -0.4 is 0 Å². The van der Waals surface area contributed by atoms with Gasteiger partial charge < -0.3 is 0 Å². The highest BCUT2D eigenvalue weighted by Crippen LogP contribution is 2.38. The number of benzene rings is 2. The predicted octanol–water partition coefficient (Wildman–Crippen LogP) is 5.03. The molecular weight excluding hydrogens is 365 g/mol. The molecule has 0 N–H and O–H groups in total. The van der Waals surface area contributed by atoms with E-state index in [2.05, 4.69) is 26.0 Å². The molecule has 2 heterocycles. The van der Waals surface area contributed by atoms with Crippen LogP contribution in [0.4, 0.5) is 4.39 Å². The van der Waals surface area contributed by atoms with Crippen LogP contribution in [0, 0.1) is 5.82 Å². The minimum Gasteiger partial charge on any atom is -0.207 e. The van der Waals surface area contributed by atoms with E-state index in [1.54, 1.807) is 29.8 Å². The highest BCUT2D eigenvalue weighted by Gasteiger charge is 2.17. The van der Waals surface area contributed by atoms with Gasteiger partial charge in [0.1, 0.15) is 12.1 Å². The molecule has 0 saturated heterocycles. The van der Waals surface area contributed by atoms with E-state index in [0.717, 1.165) is 31.1 Å². The normalized spacial score (nSPS) is 11.2.